The third kappa shape index (κ3) is 10.1. The van der Waals surface area contributed by atoms with E-state index in [9.17, 15) is 9.90 Å². The molecule has 0 saturated carbocycles. The highest BCUT2D eigenvalue weighted by Gasteiger charge is 2.06. The van der Waals surface area contributed by atoms with Gasteiger partial charge in [0, 0.05) is 6.54 Å². The number of carbonyl (C=O) groups is 1. The smallest absolute Gasteiger partial charge is 0.261 e. The van der Waals surface area contributed by atoms with E-state index in [1.165, 1.54) is 6.08 Å². The summed E-state index contributed by atoms with van der Waals surface area (Å²) in [6.07, 6.45) is 5.52. The van der Waals surface area contributed by atoms with Crippen molar-refractivity contribution in [1.29, 1.82) is 5.26 Å². The number of allylic oxidation sites excluding steroid dienone is 2. The van der Waals surface area contributed by atoms with Gasteiger partial charge in [0.15, 0.2) is 0 Å². The van der Waals surface area contributed by atoms with Crippen LogP contribution in [0.1, 0.15) is 38.8 Å². The van der Waals surface area contributed by atoms with Gasteiger partial charge in [0.25, 0.3) is 5.91 Å². The second-order valence-corrected chi connectivity index (χ2v) is 5.50. The molecule has 5 heteroatoms. The van der Waals surface area contributed by atoms with Gasteiger partial charge in [-0.1, -0.05) is 64.1 Å². The molecule has 0 unspecified atom stereocenters. The van der Waals surface area contributed by atoms with Gasteiger partial charge in [0.05, 0.1) is 7.11 Å². The largest absolute Gasteiger partial charge is 0.508 e. The van der Waals surface area contributed by atoms with Crippen molar-refractivity contribution in [2.45, 2.75) is 34.1 Å². The Morgan fingerprint density at radius 1 is 1.07 bits per heavy atom. The number of carbonyl (C=O) groups excluding carboxylic acids is 1. The second-order valence-electron chi connectivity index (χ2n) is 5.50. The molecule has 2 aromatic rings. The van der Waals surface area contributed by atoms with Crippen LogP contribution in [-0.2, 0) is 11.2 Å². The zero-order valence-electron chi connectivity index (χ0n) is 18.5. The van der Waals surface area contributed by atoms with Crippen LogP contribution in [0.2, 0.25) is 0 Å². The number of ether oxygens (including phenoxy) is 1. The predicted molar refractivity (Wildman–Crippen MR) is 123 cm³/mol. The molecule has 1 amide bonds. The Morgan fingerprint density at radius 3 is 2.20 bits per heavy atom. The first kappa shape index (κ1) is 26.5. The average molecular weight is 409 g/mol. The maximum atomic E-state index is 12.1. The van der Waals surface area contributed by atoms with Crippen molar-refractivity contribution in [3.8, 4) is 17.6 Å². The molecule has 0 radical (unpaired) electrons. The first-order valence-corrected chi connectivity index (χ1v) is 10.1. The fraction of sp³-hybridized carbons (Fsp3) is 0.280. The second kappa shape index (κ2) is 16.4. The summed E-state index contributed by atoms with van der Waals surface area (Å²) in [7, 11) is 1.61. The van der Waals surface area contributed by atoms with Gasteiger partial charge in [0.1, 0.15) is 23.1 Å². The highest BCUT2D eigenvalue weighted by atomic mass is 16.5. The lowest BCUT2D eigenvalue weighted by Gasteiger charge is -2.05. The van der Waals surface area contributed by atoms with Crippen LogP contribution in [0, 0.1) is 11.3 Å². The lowest BCUT2D eigenvalue weighted by Crippen LogP contribution is -2.26. The van der Waals surface area contributed by atoms with Gasteiger partial charge >= 0.3 is 0 Å². The number of hydrogen-bond donors (Lipinski definition) is 2. The van der Waals surface area contributed by atoms with E-state index in [-0.39, 0.29) is 11.3 Å². The van der Waals surface area contributed by atoms with E-state index < -0.39 is 5.91 Å². The summed E-state index contributed by atoms with van der Waals surface area (Å²) in [6, 6.07) is 16.1. The Morgan fingerprint density at radius 2 is 1.67 bits per heavy atom. The fourth-order valence-corrected chi connectivity index (χ4v) is 2.21. The van der Waals surface area contributed by atoms with E-state index in [0.29, 0.717) is 13.0 Å². The molecule has 30 heavy (non-hydrogen) atoms. The topological polar surface area (TPSA) is 82.3 Å². The number of methoxy groups -OCH3 is 1. The molecule has 0 heterocycles. The molecule has 0 aliphatic carbocycles. The van der Waals surface area contributed by atoms with Crippen molar-refractivity contribution in [2.75, 3.05) is 13.7 Å². The number of benzene rings is 2. The molecule has 0 aliphatic rings. The highest BCUT2D eigenvalue weighted by molar-refractivity contribution is 5.97. The number of nitrogens with one attached hydrogen (secondary N) is 1. The van der Waals surface area contributed by atoms with Gasteiger partial charge in [0.2, 0.25) is 0 Å². The number of amides is 1. The van der Waals surface area contributed by atoms with Crippen molar-refractivity contribution in [3.63, 3.8) is 0 Å². The van der Waals surface area contributed by atoms with Crippen molar-refractivity contribution < 1.29 is 14.6 Å². The standard InChI is InChI=1S/C21H20N2O3.2C2H6/c1-26-20-11-7-17(8-12-20)13-14-23-21(25)18(15-22)4-2-3-16-5-9-19(24)10-6-16;2*1-2/h2-12,24H,13-14H2,1H3,(H,23,25);2*1-2H3/b3-2+,18-4+;;. The summed E-state index contributed by atoms with van der Waals surface area (Å²) in [5.74, 6) is 0.566. The summed E-state index contributed by atoms with van der Waals surface area (Å²) in [4.78, 5) is 12.1. The first-order valence-electron chi connectivity index (χ1n) is 10.1. The zero-order chi connectivity index (χ0) is 22.8. The van der Waals surface area contributed by atoms with Gasteiger partial charge in [-0.2, -0.15) is 5.26 Å². The van der Waals surface area contributed by atoms with Crippen LogP contribution in [0.3, 0.4) is 0 Å². The molecule has 0 bridgehead atoms. The minimum atomic E-state index is -0.406. The van der Waals surface area contributed by atoms with E-state index in [4.69, 9.17) is 10.00 Å². The van der Waals surface area contributed by atoms with Crippen molar-refractivity contribution in [3.05, 3.63) is 77.4 Å². The highest BCUT2D eigenvalue weighted by Crippen LogP contribution is 2.12. The molecule has 0 aromatic heterocycles. The minimum Gasteiger partial charge on any atom is -0.508 e. The molecule has 2 N–H and O–H groups in total. The van der Waals surface area contributed by atoms with Crippen LogP contribution in [-0.4, -0.2) is 24.7 Å². The summed E-state index contributed by atoms with van der Waals surface area (Å²) < 4.78 is 5.10. The Labute approximate surface area is 180 Å². The number of aromatic hydroxyl groups is 1. The quantitative estimate of drug-likeness (QED) is 0.371. The molecule has 0 saturated heterocycles. The van der Waals surface area contributed by atoms with Crippen LogP contribution < -0.4 is 10.1 Å². The predicted octanol–water partition coefficient (Wildman–Crippen LogP) is 5.28. The Kier molecular flexibility index (Phi) is 14.5. The van der Waals surface area contributed by atoms with Crippen LogP contribution in [0.25, 0.3) is 6.08 Å². The van der Waals surface area contributed by atoms with Crippen molar-refractivity contribution >= 4 is 12.0 Å². The maximum Gasteiger partial charge on any atom is 0.261 e. The normalized spacial score (nSPS) is 10.1. The van der Waals surface area contributed by atoms with Crippen LogP contribution in [0.5, 0.6) is 11.5 Å². The Balaban J connectivity index is 0.00000198. The minimum absolute atomic E-state index is 0.0368. The van der Waals surface area contributed by atoms with Crippen LogP contribution in [0.15, 0.2) is 66.3 Å². The fourth-order valence-electron chi connectivity index (χ4n) is 2.21. The first-order chi connectivity index (χ1) is 14.6. The summed E-state index contributed by atoms with van der Waals surface area (Å²) >= 11 is 0. The van der Waals surface area contributed by atoms with Crippen molar-refractivity contribution in [1.82, 2.24) is 5.32 Å². The van der Waals surface area contributed by atoms with E-state index in [1.807, 2.05) is 58.0 Å². The molecular weight excluding hydrogens is 376 g/mol. The maximum absolute atomic E-state index is 12.1. The molecule has 160 valence electrons. The Bertz CT molecular complexity index is 830. The van der Waals surface area contributed by atoms with Gasteiger partial charge in [-0.15, -0.1) is 0 Å². The van der Waals surface area contributed by atoms with Gasteiger partial charge in [-0.3, -0.25) is 4.79 Å². The summed E-state index contributed by atoms with van der Waals surface area (Å²) in [6.45, 7) is 8.44. The number of nitrogens with zero attached hydrogens (tertiary/aromatic N) is 1. The lowest BCUT2D eigenvalue weighted by molar-refractivity contribution is -0.117. The molecule has 0 aliphatic heterocycles. The third-order valence-corrected chi connectivity index (χ3v) is 3.67. The average Bonchev–Trinajstić information content (AvgIpc) is 2.81. The van der Waals surface area contributed by atoms with Crippen LogP contribution in [0.4, 0.5) is 0 Å². The molecule has 2 aromatic carbocycles. The monoisotopic (exact) mass is 408 g/mol. The number of phenols is 1. The molecule has 0 spiro atoms. The van der Waals surface area contributed by atoms with Crippen LogP contribution >= 0.6 is 0 Å². The molecule has 5 nitrogen and oxygen atoms in total. The van der Waals surface area contributed by atoms with E-state index in [2.05, 4.69) is 5.32 Å². The number of rotatable bonds is 7. The van der Waals surface area contributed by atoms with Gasteiger partial charge in [-0.25, -0.2) is 0 Å². The van der Waals surface area contributed by atoms with Gasteiger partial charge < -0.3 is 15.2 Å². The number of hydrogen-bond acceptors (Lipinski definition) is 4. The Hall–Kier alpha value is -3.52. The zero-order valence-corrected chi connectivity index (χ0v) is 18.5. The van der Waals surface area contributed by atoms with Gasteiger partial charge in [-0.05, 0) is 47.9 Å². The molecule has 0 fully saturated rings. The number of phenolic OH excluding ortho intramolecular Hbond substituents is 1. The third-order valence-electron chi connectivity index (χ3n) is 3.67. The van der Waals surface area contributed by atoms with E-state index in [0.717, 1.165) is 16.9 Å². The lowest BCUT2D eigenvalue weighted by atomic mass is 10.1. The molecule has 0 atom stereocenters. The summed E-state index contributed by atoms with van der Waals surface area (Å²) in [5.41, 5.74) is 1.96. The SMILES string of the molecule is CC.CC.COc1ccc(CCNC(=O)/C(C#N)=C/C=C/c2ccc(O)cc2)cc1. The summed E-state index contributed by atoms with van der Waals surface area (Å²) in [5, 5.41) is 21.1. The number of nitriles is 1. The molecule has 2 rings (SSSR count). The molecular formula is C25H32N2O3. The van der Waals surface area contributed by atoms with E-state index in [1.54, 1.807) is 43.5 Å². The van der Waals surface area contributed by atoms with E-state index >= 15 is 0 Å². The van der Waals surface area contributed by atoms with Crippen molar-refractivity contribution in [2.24, 2.45) is 0 Å².